The third kappa shape index (κ3) is 2.43. The van der Waals surface area contributed by atoms with E-state index < -0.39 is 0 Å². The van der Waals surface area contributed by atoms with Crippen LogP contribution >= 0.6 is 27.3 Å². The molecule has 2 aromatic heterocycles. The van der Waals surface area contributed by atoms with E-state index in [9.17, 15) is 0 Å². The quantitative estimate of drug-likeness (QED) is 0.754. The second-order valence-electron chi connectivity index (χ2n) is 4.47. The van der Waals surface area contributed by atoms with Gasteiger partial charge in [0.1, 0.15) is 0 Å². The fourth-order valence-electron chi connectivity index (χ4n) is 2.08. The van der Waals surface area contributed by atoms with Crippen LogP contribution in [-0.4, -0.2) is 4.98 Å². The van der Waals surface area contributed by atoms with Gasteiger partial charge in [-0.25, -0.2) is 4.98 Å². The maximum Gasteiger partial charge on any atom is 0.0831 e. The minimum absolute atomic E-state index is 0.183. The number of nitrogens with two attached hydrogens (primary N) is 1. The fourth-order valence-corrected chi connectivity index (χ4v) is 3.54. The molecule has 1 atom stereocenters. The molecule has 2 nitrogen and oxygen atoms in total. The lowest BCUT2D eigenvalue weighted by Crippen LogP contribution is -2.13. The van der Waals surface area contributed by atoms with Crippen molar-refractivity contribution in [3.8, 4) is 0 Å². The molecule has 3 aromatic rings. The molecule has 0 aliphatic heterocycles. The van der Waals surface area contributed by atoms with Gasteiger partial charge in [-0.1, -0.05) is 18.2 Å². The number of rotatable bonds is 2. The highest BCUT2D eigenvalue weighted by atomic mass is 79.9. The van der Waals surface area contributed by atoms with Gasteiger partial charge in [0, 0.05) is 19.6 Å². The summed E-state index contributed by atoms with van der Waals surface area (Å²) in [6, 6.07) is 14.1. The van der Waals surface area contributed by atoms with Crippen LogP contribution in [0.1, 0.15) is 21.5 Å². The average molecular weight is 333 g/mol. The molecule has 1 unspecified atom stereocenters. The van der Waals surface area contributed by atoms with Gasteiger partial charge in [-0.2, -0.15) is 0 Å². The first-order valence-electron chi connectivity index (χ1n) is 6.02. The van der Waals surface area contributed by atoms with Crippen LogP contribution in [0.15, 0.2) is 46.9 Å². The molecule has 19 heavy (non-hydrogen) atoms. The van der Waals surface area contributed by atoms with E-state index in [0.29, 0.717) is 0 Å². The zero-order valence-electron chi connectivity index (χ0n) is 10.4. The maximum absolute atomic E-state index is 6.34. The fraction of sp³-hybridized carbons (Fsp3) is 0.133. The average Bonchev–Trinajstić information content (AvgIpc) is 2.84. The van der Waals surface area contributed by atoms with Gasteiger partial charge in [-0.3, -0.25) is 0 Å². The Labute approximate surface area is 124 Å². The van der Waals surface area contributed by atoms with Crippen LogP contribution in [0.5, 0.6) is 0 Å². The number of aromatic nitrogens is 1. The maximum atomic E-state index is 6.34. The Balaban J connectivity index is 2.11. The number of hydrogen-bond acceptors (Lipinski definition) is 3. The van der Waals surface area contributed by atoms with Crippen molar-refractivity contribution in [1.82, 2.24) is 4.98 Å². The number of hydrogen-bond donors (Lipinski definition) is 1. The van der Waals surface area contributed by atoms with E-state index in [1.54, 1.807) is 11.3 Å². The molecule has 0 fully saturated rings. The van der Waals surface area contributed by atoms with Crippen LogP contribution in [0.3, 0.4) is 0 Å². The van der Waals surface area contributed by atoms with E-state index in [4.69, 9.17) is 10.7 Å². The van der Waals surface area contributed by atoms with Gasteiger partial charge < -0.3 is 5.73 Å². The summed E-state index contributed by atoms with van der Waals surface area (Å²) in [5.41, 5.74) is 8.21. The Kier molecular flexibility index (Phi) is 3.39. The Morgan fingerprint density at radius 1 is 1.21 bits per heavy atom. The van der Waals surface area contributed by atoms with Gasteiger partial charge >= 0.3 is 0 Å². The van der Waals surface area contributed by atoms with Crippen molar-refractivity contribution in [3.05, 3.63) is 62.4 Å². The smallest absolute Gasteiger partial charge is 0.0831 e. The van der Waals surface area contributed by atoms with Gasteiger partial charge in [0.05, 0.1) is 17.3 Å². The molecule has 0 bridgehead atoms. The van der Waals surface area contributed by atoms with Crippen LogP contribution in [0, 0.1) is 6.92 Å². The van der Waals surface area contributed by atoms with E-state index in [1.807, 2.05) is 18.2 Å². The predicted molar refractivity (Wildman–Crippen MR) is 84.5 cm³/mol. The Morgan fingerprint density at radius 3 is 2.74 bits per heavy atom. The normalized spacial score (nSPS) is 12.8. The number of thiophene rings is 1. The molecule has 4 heteroatoms. The molecule has 2 heterocycles. The van der Waals surface area contributed by atoms with Crippen molar-refractivity contribution >= 4 is 38.2 Å². The molecule has 0 aliphatic carbocycles. The molecule has 1 aromatic carbocycles. The first-order chi connectivity index (χ1) is 9.15. The Bertz CT molecular complexity index is 736. The summed E-state index contributed by atoms with van der Waals surface area (Å²) in [6.45, 7) is 2.09. The standard InChI is InChI=1S/C15H13BrN2S/c1-9-6-7-13(19-9)14(17)15-11(16)8-10-4-2-3-5-12(10)18-15/h2-8,14H,17H2,1H3. The van der Waals surface area contributed by atoms with Crippen LogP contribution in [0.2, 0.25) is 0 Å². The van der Waals surface area contributed by atoms with E-state index in [2.05, 4.69) is 47.1 Å². The molecule has 0 radical (unpaired) electrons. The summed E-state index contributed by atoms with van der Waals surface area (Å²) >= 11 is 5.30. The minimum Gasteiger partial charge on any atom is -0.318 e. The molecule has 2 N–H and O–H groups in total. The second-order valence-corrected chi connectivity index (χ2v) is 6.65. The van der Waals surface area contributed by atoms with Gasteiger partial charge in [0.15, 0.2) is 0 Å². The van der Waals surface area contributed by atoms with Crippen molar-refractivity contribution in [2.45, 2.75) is 13.0 Å². The highest BCUT2D eigenvalue weighted by Gasteiger charge is 2.16. The molecular weight excluding hydrogens is 320 g/mol. The summed E-state index contributed by atoms with van der Waals surface area (Å²) in [5.74, 6) is 0. The number of aryl methyl sites for hydroxylation is 1. The van der Waals surface area contributed by atoms with Crippen LogP contribution in [0.25, 0.3) is 10.9 Å². The van der Waals surface area contributed by atoms with E-state index >= 15 is 0 Å². The van der Waals surface area contributed by atoms with Crippen molar-refractivity contribution in [3.63, 3.8) is 0 Å². The topological polar surface area (TPSA) is 38.9 Å². The highest BCUT2D eigenvalue weighted by Crippen LogP contribution is 2.31. The number of pyridine rings is 1. The third-order valence-electron chi connectivity index (χ3n) is 3.07. The molecule has 0 saturated carbocycles. The van der Waals surface area contributed by atoms with Gasteiger partial charge in [-0.15, -0.1) is 11.3 Å². The van der Waals surface area contributed by atoms with Crippen molar-refractivity contribution < 1.29 is 0 Å². The first kappa shape index (κ1) is 12.8. The number of nitrogens with zero attached hydrogens (tertiary/aromatic N) is 1. The third-order valence-corrected chi connectivity index (χ3v) is 4.79. The molecule has 0 aliphatic rings. The van der Waals surface area contributed by atoms with Crippen LogP contribution < -0.4 is 5.73 Å². The molecule has 0 saturated heterocycles. The van der Waals surface area contributed by atoms with Crippen molar-refractivity contribution in [2.24, 2.45) is 5.73 Å². The number of halogens is 1. The van der Waals surface area contributed by atoms with E-state index in [1.165, 1.54) is 4.88 Å². The van der Waals surface area contributed by atoms with Gasteiger partial charge in [0.2, 0.25) is 0 Å². The van der Waals surface area contributed by atoms with E-state index in [0.717, 1.165) is 25.9 Å². The number of fused-ring (bicyclic) bond motifs is 1. The lowest BCUT2D eigenvalue weighted by atomic mass is 10.1. The zero-order valence-corrected chi connectivity index (χ0v) is 12.8. The number of para-hydroxylation sites is 1. The summed E-state index contributed by atoms with van der Waals surface area (Å²) < 4.78 is 0.963. The number of benzene rings is 1. The zero-order chi connectivity index (χ0) is 13.4. The van der Waals surface area contributed by atoms with E-state index in [-0.39, 0.29) is 6.04 Å². The summed E-state index contributed by atoms with van der Waals surface area (Å²) in [4.78, 5) is 7.10. The molecule has 3 rings (SSSR count). The van der Waals surface area contributed by atoms with Crippen LogP contribution in [-0.2, 0) is 0 Å². The minimum atomic E-state index is -0.183. The summed E-state index contributed by atoms with van der Waals surface area (Å²) in [7, 11) is 0. The Morgan fingerprint density at radius 2 is 2.00 bits per heavy atom. The first-order valence-corrected chi connectivity index (χ1v) is 7.63. The largest absolute Gasteiger partial charge is 0.318 e. The lowest BCUT2D eigenvalue weighted by Gasteiger charge is -2.12. The Hall–Kier alpha value is -1.23. The monoisotopic (exact) mass is 332 g/mol. The predicted octanol–water partition coefficient (Wildman–Crippen LogP) is 4.42. The molecule has 96 valence electrons. The lowest BCUT2D eigenvalue weighted by molar-refractivity contribution is 0.848. The summed E-state index contributed by atoms with van der Waals surface area (Å²) in [6.07, 6.45) is 0. The second kappa shape index (κ2) is 5.04. The molecule has 0 spiro atoms. The molecule has 0 amide bonds. The van der Waals surface area contributed by atoms with Crippen LogP contribution in [0.4, 0.5) is 0 Å². The van der Waals surface area contributed by atoms with Crippen molar-refractivity contribution in [1.29, 1.82) is 0 Å². The summed E-state index contributed by atoms with van der Waals surface area (Å²) in [5, 5.41) is 1.12. The van der Waals surface area contributed by atoms with Crippen molar-refractivity contribution in [2.75, 3.05) is 0 Å². The highest BCUT2D eigenvalue weighted by molar-refractivity contribution is 9.10. The van der Waals surface area contributed by atoms with Gasteiger partial charge in [0.25, 0.3) is 0 Å². The SMILES string of the molecule is Cc1ccc(C(N)c2nc3ccccc3cc2Br)s1. The van der Waals surface area contributed by atoms with Gasteiger partial charge in [-0.05, 0) is 47.1 Å². The molecular formula is C15H13BrN2S.